The number of hydrogen-bond acceptors (Lipinski definition) is 4. The minimum Gasteiger partial charge on any atom is -0.330 e. The van der Waals surface area contributed by atoms with E-state index in [2.05, 4.69) is 0 Å². The number of ketones is 1. The SMILES string of the molecule is NCCCCCCCCCCC(=O)C([C]=O)CCCCCCCCN. The number of hydrogen-bond donors (Lipinski definition) is 2. The molecule has 0 saturated carbocycles. The van der Waals surface area contributed by atoms with Crippen LogP contribution in [0.25, 0.3) is 0 Å². The number of carbonyl (C=O) groups excluding carboxylic acids is 2. The minimum atomic E-state index is -0.486. The first-order chi connectivity index (χ1) is 12.3. The highest BCUT2D eigenvalue weighted by molar-refractivity contribution is 5.93. The maximum atomic E-state index is 12.1. The Morgan fingerprint density at radius 1 is 0.640 bits per heavy atom. The normalized spacial score (nSPS) is 12.2. The molecule has 0 aliphatic rings. The first kappa shape index (κ1) is 24.3. The zero-order valence-corrected chi connectivity index (χ0v) is 16.3. The van der Waals surface area contributed by atoms with Gasteiger partial charge in [0.15, 0.2) is 0 Å². The molecule has 0 saturated heterocycles. The molecular formula is C21H41N2O2. The molecule has 0 aromatic carbocycles. The van der Waals surface area contributed by atoms with E-state index in [0.717, 1.165) is 51.6 Å². The monoisotopic (exact) mass is 353 g/mol. The molecule has 0 aromatic heterocycles. The third-order valence-electron chi connectivity index (χ3n) is 4.86. The third-order valence-corrected chi connectivity index (χ3v) is 4.86. The molecule has 0 amide bonds. The topological polar surface area (TPSA) is 86.2 Å². The Kier molecular flexibility index (Phi) is 19.0. The van der Waals surface area contributed by atoms with Gasteiger partial charge in [-0.05, 0) is 38.8 Å². The van der Waals surface area contributed by atoms with E-state index in [4.69, 9.17) is 11.5 Å². The molecule has 4 nitrogen and oxygen atoms in total. The van der Waals surface area contributed by atoms with Gasteiger partial charge in [-0.15, -0.1) is 0 Å². The Labute approximate surface area is 155 Å². The zero-order valence-electron chi connectivity index (χ0n) is 16.3. The lowest BCUT2D eigenvalue weighted by atomic mass is 9.94. The van der Waals surface area contributed by atoms with Gasteiger partial charge < -0.3 is 11.5 Å². The molecule has 1 atom stereocenters. The standard InChI is InChI=1S/C21H41N2O2/c22-17-13-9-5-2-1-3-8-12-16-21(25)20(19-24)15-11-7-4-6-10-14-18-23/h20H,1-18,22-23H2. The largest absolute Gasteiger partial charge is 0.330 e. The zero-order chi connectivity index (χ0) is 18.6. The van der Waals surface area contributed by atoms with Crippen molar-refractivity contribution in [2.24, 2.45) is 17.4 Å². The fourth-order valence-electron chi connectivity index (χ4n) is 3.16. The second kappa shape index (κ2) is 19.6. The number of rotatable bonds is 20. The number of unbranched alkanes of at least 4 members (excludes halogenated alkanes) is 12. The summed E-state index contributed by atoms with van der Waals surface area (Å²) in [4.78, 5) is 23.1. The summed E-state index contributed by atoms with van der Waals surface area (Å²) in [6.45, 7) is 1.57. The summed E-state index contributed by atoms with van der Waals surface area (Å²) < 4.78 is 0. The van der Waals surface area contributed by atoms with Crippen molar-refractivity contribution >= 4 is 12.1 Å². The molecule has 0 rings (SSSR count). The van der Waals surface area contributed by atoms with Crippen molar-refractivity contribution < 1.29 is 9.59 Å². The van der Waals surface area contributed by atoms with E-state index in [1.165, 1.54) is 51.4 Å². The molecule has 1 radical (unpaired) electrons. The highest BCUT2D eigenvalue weighted by atomic mass is 16.1. The van der Waals surface area contributed by atoms with Gasteiger partial charge in [0.05, 0.1) is 5.92 Å². The molecule has 25 heavy (non-hydrogen) atoms. The van der Waals surface area contributed by atoms with E-state index >= 15 is 0 Å². The van der Waals surface area contributed by atoms with Gasteiger partial charge in [-0.25, -0.2) is 0 Å². The van der Waals surface area contributed by atoms with Crippen LogP contribution in [0.2, 0.25) is 0 Å². The van der Waals surface area contributed by atoms with Crippen LogP contribution in [-0.2, 0) is 9.59 Å². The van der Waals surface area contributed by atoms with Crippen molar-refractivity contribution in [2.45, 2.75) is 103 Å². The fourth-order valence-corrected chi connectivity index (χ4v) is 3.16. The average molecular weight is 354 g/mol. The van der Waals surface area contributed by atoms with Gasteiger partial charge in [-0.1, -0.05) is 70.6 Å². The van der Waals surface area contributed by atoms with Crippen LogP contribution in [0.1, 0.15) is 103 Å². The summed E-state index contributed by atoms with van der Waals surface area (Å²) in [5.41, 5.74) is 10.9. The van der Waals surface area contributed by atoms with E-state index in [1.54, 1.807) is 0 Å². The van der Waals surface area contributed by atoms with E-state index in [-0.39, 0.29) is 5.78 Å². The van der Waals surface area contributed by atoms with Gasteiger partial charge >= 0.3 is 0 Å². The lowest BCUT2D eigenvalue weighted by molar-refractivity contribution is -0.121. The molecule has 0 heterocycles. The smallest absolute Gasteiger partial charge is 0.209 e. The van der Waals surface area contributed by atoms with E-state index < -0.39 is 5.92 Å². The van der Waals surface area contributed by atoms with Crippen LogP contribution in [-0.4, -0.2) is 25.2 Å². The molecule has 0 aliphatic heterocycles. The van der Waals surface area contributed by atoms with Crippen molar-refractivity contribution in [1.29, 1.82) is 0 Å². The van der Waals surface area contributed by atoms with Crippen LogP contribution >= 0.6 is 0 Å². The van der Waals surface area contributed by atoms with Gasteiger partial charge in [0, 0.05) is 6.42 Å². The van der Waals surface area contributed by atoms with Crippen molar-refractivity contribution in [2.75, 3.05) is 13.1 Å². The number of carbonyl (C=O) groups is 1. The van der Waals surface area contributed by atoms with Gasteiger partial charge in [-0.3, -0.25) is 9.59 Å². The van der Waals surface area contributed by atoms with Crippen molar-refractivity contribution in [3.8, 4) is 0 Å². The summed E-state index contributed by atoms with van der Waals surface area (Å²) in [6.07, 6.45) is 19.2. The Balaban J connectivity index is 3.52. The lowest BCUT2D eigenvalue weighted by Crippen LogP contribution is -2.15. The van der Waals surface area contributed by atoms with Gasteiger partial charge in [-0.2, -0.15) is 0 Å². The number of Topliss-reactive ketones (excluding diaryl/α,β-unsaturated/α-hetero) is 1. The van der Waals surface area contributed by atoms with Crippen molar-refractivity contribution in [1.82, 2.24) is 0 Å². The van der Waals surface area contributed by atoms with E-state index in [1.807, 2.05) is 6.29 Å². The van der Waals surface area contributed by atoms with E-state index in [9.17, 15) is 9.59 Å². The molecule has 0 bridgehead atoms. The predicted molar refractivity (Wildman–Crippen MR) is 106 cm³/mol. The van der Waals surface area contributed by atoms with Crippen LogP contribution in [0.5, 0.6) is 0 Å². The van der Waals surface area contributed by atoms with Crippen molar-refractivity contribution in [3.05, 3.63) is 0 Å². The maximum Gasteiger partial charge on any atom is 0.209 e. The van der Waals surface area contributed by atoms with Crippen LogP contribution in [0, 0.1) is 5.92 Å². The summed E-state index contributed by atoms with van der Waals surface area (Å²) in [5, 5.41) is 0. The Bertz CT molecular complexity index is 308. The minimum absolute atomic E-state index is 0.0982. The van der Waals surface area contributed by atoms with Gasteiger partial charge in [0.1, 0.15) is 5.78 Å². The first-order valence-corrected chi connectivity index (χ1v) is 10.6. The highest BCUT2D eigenvalue weighted by Gasteiger charge is 2.17. The Morgan fingerprint density at radius 2 is 1.04 bits per heavy atom. The second-order valence-corrected chi connectivity index (χ2v) is 7.20. The number of nitrogens with two attached hydrogens (primary N) is 2. The molecular weight excluding hydrogens is 312 g/mol. The van der Waals surface area contributed by atoms with Crippen LogP contribution < -0.4 is 11.5 Å². The van der Waals surface area contributed by atoms with Crippen LogP contribution in [0.4, 0.5) is 0 Å². The third kappa shape index (κ3) is 16.5. The molecule has 0 aliphatic carbocycles. The first-order valence-electron chi connectivity index (χ1n) is 10.6. The summed E-state index contributed by atoms with van der Waals surface area (Å²) in [6, 6.07) is 0. The average Bonchev–Trinajstić information content (AvgIpc) is 2.62. The molecule has 1 unspecified atom stereocenters. The molecule has 0 fully saturated rings. The molecule has 147 valence electrons. The van der Waals surface area contributed by atoms with Crippen LogP contribution in [0.15, 0.2) is 0 Å². The maximum absolute atomic E-state index is 12.1. The molecule has 0 spiro atoms. The molecule has 0 aromatic rings. The summed E-state index contributed by atoms with van der Waals surface area (Å²) in [7, 11) is 0. The van der Waals surface area contributed by atoms with Gasteiger partial charge in [0.25, 0.3) is 0 Å². The summed E-state index contributed by atoms with van der Waals surface area (Å²) in [5.74, 6) is -0.388. The fraction of sp³-hybridized carbons (Fsp3) is 0.905. The Morgan fingerprint density at radius 3 is 1.48 bits per heavy atom. The molecule has 4 N–H and O–H groups in total. The van der Waals surface area contributed by atoms with Crippen LogP contribution in [0.3, 0.4) is 0 Å². The predicted octanol–water partition coefficient (Wildman–Crippen LogP) is 4.44. The van der Waals surface area contributed by atoms with Crippen molar-refractivity contribution in [3.63, 3.8) is 0 Å². The van der Waals surface area contributed by atoms with E-state index in [0.29, 0.717) is 12.8 Å². The van der Waals surface area contributed by atoms with Gasteiger partial charge in [0.2, 0.25) is 6.29 Å². The molecule has 4 heteroatoms. The summed E-state index contributed by atoms with van der Waals surface area (Å²) >= 11 is 0. The Hall–Kier alpha value is -0.740. The highest BCUT2D eigenvalue weighted by Crippen LogP contribution is 2.15. The quantitative estimate of drug-likeness (QED) is 0.250. The lowest BCUT2D eigenvalue weighted by Gasteiger charge is -2.08. The second-order valence-electron chi connectivity index (χ2n) is 7.20.